The normalized spacial score (nSPS) is 11.3. The summed E-state index contributed by atoms with van der Waals surface area (Å²) in [4.78, 5) is 35.4. The molecule has 26 heavy (non-hydrogen) atoms. The molecule has 1 aromatic carbocycles. The van der Waals surface area contributed by atoms with Crippen LogP contribution in [-0.2, 0) is 14.4 Å². The third kappa shape index (κ3) is 7.41. The second-order valence-electron chi connectivity index (χ2n) is 6.59. The predicted molar refractivity (Wildman–Crippen MR) is 105 cm³/mol. The fourth-order valence-electron chi connectivity index (χ4n) is 2.39. The van der Waals surface area contributed by atoms with Crippen molar-refractivity contribution in [3.05, 3.63) is 28.8 Å². The standard InChI is InChI=1S/C18H28N4O3.ClH/c1-10(2)16(19)18(25)21-8-14(23)20-9-15(24)22-17-12(4)6-11(3)7-13(17)5;/h6-7,10,16H,8-9,19H2,1-5H3,(H,20,23)(H,21,25)(H,22,24);1H/t16-;/m0./s1. The summed E-state index contributed by atoms with van der Waals surface area (Å²) >= 11 is 0. The molecule has 0 saturated carbocycles. The van der Waals surface area contributed by atoms with Gasteiger partial charge in [0.15, 0.2) is 0 Å². The minimum absolute atomic E-state index is 0. The molecule has 1 atom stereocenters. The van der Waals surface area contributed by atoms with Crippen molar-refractivity contribution >= 4 is 35.8 Å². The Kier molecular flexibility index (Phi) is 9.90. The van der Waals surface area contributed by atoms with E-state index in [4.69, 9.17) is 5.73 Å². The van der Waals surface area contributed by atoms with Gasteiger partial charge in [-0.25, -0.2) is 0 Å². The highest BCUT2D eigenvalue weighted by molar-refractivity contribution is 5.96. The predicted octanol–water partition coefficient (Wildman–Crippen LogP) is 1.19. The van der Waals surface area contributed by atoms with Gasteiger partial charge in [0.25, 0.3) is 0 Å². The lowest BCUT2D eigenvalue weighted by atomic mass is 10.1. The van der Waals surface area contributed by atoms with Gasteiger partial charge in [-0.2, -0.15) is 0 Å². The summed E-state index contributed by atoms with van der Waals surface area (Å²) < 4.78 is 0. The topological polar surface area (TPSA) is 113 Å². The molecular formula is C18H29ClN4O3. The molecule has 0 aliphatic heterocycles. The van der Waals surface area contributed by atoms with E-state index < -0.39 is 11.9 Å². The minimum Gasteiger partial charge on any atom is -0.346 e. The number of rotatable bonds is 7. The first-order chi connectivity index (χ1) is 11.6. The number of aryl methyl sites for hydroxylation is 3. The molecule has 0 aromatic heterocycles. The van der Waals surface area contributed by atoms with Crippen molar-refractivity contribution in [3.63, 3.8) is 0 Å². The van der Waals surface area contributed by atoms with Crippen LogP contribution in [0, 0.1) is 26.7 Å². The monoisotopic (exact) mass is 384 g/mol. The lowest BCUT2D eigenvalue weighted by Gasteiger charge is -2.15. The van der Waals surface area contributed by atoms with Gasteiger partial charge in [-0.3, -0.25) is 14.4 Å². The van der Waals surface area contributed by atoms with E-state index in [9.17, 15) is 14.4 Å². The zero-order chi connectivity index (χ0) is 19.1. The van der Waals surface area contributed by atoms with Crippen LogP contribution in [0.4, 0.5) is 5.69 Å². The summed E-state index contributed by atoms with van der Waals surface area (Å²) in [5.41, 5.74) is 9.49. The molecule has 146 valence electrons. The molecule has 0 unspecified atom stereocenters. The number of nitrogens with two attached hydrogens (primary N) is 1. The van der Waals surface area contributed by atoms with Crippen molar-refractivity contribution in [1.29, 1.82) is 0 Å². The first-order valence-electron chi connectivity index (χ1n) is 8.29. The van der Waals surface area contributed by atoms with E-state index in [0.29, 0.717) is 0 Å². The average molecular weight is 385 g/mol. The van der Waals surface area contributed by atoms with Crippen molar-refractivity contribution in [1.82, 2.24) is 10.6 Å². The Morgan fingerprint density at radius 2 is 1.46 bits per heavy atom. The smallest absolute Gasteiger partial charge is 0.243 e. The molecule has 3 amide bonds. The van der Waals surface area contributed by atoms with Gasteiger partial charge >= 0.3 is 0 Å². The Balaban J connectivity index is 0.00000625. The largest absolute Gasteiger partial charge is 0.346 e. The first-order valence-corrected chi connectivity index (χ1v) is 8.29. The van der Waals surface area contributed by atoms with E-state index >= 15 is 0 Å². The molecule has 0 fully saturated rings. The van der Waals surface area contributed by atoms with Gasteiger partial charge in [-0.1, -0.05) is 31.5 Å². The molecule has 7 nitrogen and oxygen atoms in total. The zero-order valence-corrected chi connectivity index (χ0v) is 16.8. The number of benzene rings is 1. The Hall–Kier alpha value is -2.12. The van der Waals surface area contributed by atoms with Crippen molar-refractivity contribution in [2.45, 2.75) is 40.7 Å². The Morgan fingerprint density at radius 1 is 0.962 bits per heavy atom. The van der Waals surface area contributed by atoms with Crippen molar-refractivity contribution in [2.24, 2.45) is 11.7 Å². The Labute approximate surface area is 160 Å². The maximum atomic E-state index is 12.0. The van der Waals surface area contributed by atoms with E-state index in [0.717, 1.165) is 22.4 Å². The minimum atomic E-state index is -0.663. The number of hydrogen-bond donors (Lipinski definition) is 4. The van der Waals surface area contributed by atoms with E-state index in [1.54, 1.807) is 0 Å². The molecule has 1 aromatic rings. The summed E-state index contributed by atoms with van der Waals surface area (Å²) in [6.45, 7) is 9.09. The van der Waals surface area contributed by atoms with Gasteiger partial charge in [0.1, 0.15) is 0 Å². The molecule has 5 N–H and O–H groups in total. The van der Waals surface area contributed by atoms with Crippen LogP contribution in [0.1, 0.15) is 30.5 Å². The quantitative estimate of drug-likeness (QED) is 0.565. The summed E-state index contributed by atoms with van der Waals surface area (Å²) in [6, 6.07) is 3.30. The molecule has 8 heteroatoms. The maximum Gasteiger partial charge on any atom is 0.243 e. The van der Waals surface area contributed by atoms with Crippen LogP contribution in [0.5, 0.6) is 0 Å². The van der Waals surface area contributed by atoms with E-state index in [1.165, 1.54) is 0 Å². The maximum absolute atomic E-state index is 12.0. The van der Waals surface area contributed by atoms with E-state index in [1.807, 2.05) is 46.8 Å². The van der Waals surface area contributed by atoms with Crippen LogP contribution in [0.3, 0.4) is 0 Å². The summed E-state index contributed by atoms with van der Waals surface area (Å²) in [5.74, 6) is -1.18. The summed E-state index contributed by atoms with van der Waals surface area (Å²) in [7, 11) is 0. The highest BCUT2D eigenvalue weighted by Gasteiger charge is 2.17. The molecule has 0 bridgehead atoms. The van der Waals surface area contributed by atoms with Crippen molar-refractivity contribution in [3.8, 4) is 0 Å². The van der Waals surface area contributed by atoms with Crippen LogP contribution in [0.2, 0.25) is 0 Å². The van der Waals surface area contributed by atoms with Gasteiger partial charge in [-0.15, -0.1) is 12.4 Å². The fraction of sp³-hybridized carbons (Fsp3) is 0.500. The third-order valence-electron chi connectivity index (χ3n) is 3.83. The summed E-state index contributed by atoms with van der Waals surface area (Å²) in [5, 5.41) is 7.72. The molecule has 0 radical (unpaired) electrons. The van der Waals surface area contributed by atoms with Gasteiger partial charge < -0.3 is 21.7 Å². The van der Waals surface area contributed by atoms with Gasteiger partial charge in [-0.05, 0) is 37.8 Å². The number of hydrogen-bond acceptors (Lipinski definition) is 4. The molecule has 0 spiro atoms. The fourth-order valence-corrected chi connectivity index (χ4v) is 2.39. The van der Waals surface area contributed by atoms with Gasteiger partial charge in [0.05, 0.1) is 19.1 Å². The van der Waals surface area contributed by atoms with Crippen LogP contribution in [0.15, 0.2) is 12.1 Å². The molecule has 0 aliphatic rings. The average Bonchev–Trinajstić information content (AvgIpc) is 2.53. The van der Waals surface area contributed by atoms with Crippen LogP contribution < -0.4 is 21.7 Å². The lowest BCUT2D eigenvalue weighted by Crippen LogP contribution is -2.47. The van der Waals surface area contributed by atoms with Gasteiger partial charge in [0, 0.05) is 5.69 Å². The van der Waals surface area contributed by atoms with Crippen LogP contribution in [0.25, 0.3) is 0 Å². The number of anilines is 1. The lowest BCUT2D eigenvalue weighted by molar-refractivity contribution is -0.127. The number of nitrogens with one attached hydrogen (secondary N) is 3. The van der Waals surface area contributed by atoms with Gasteiger partial charge in [0.2, 0.25) is 17.7 Å². The SMILES string of the molecule is Cc1cc(C)c(NC(=O)CNC(=O)CNC(=O)[C@@H](N)C(C)C)c(C)c1.Cl. The molecule has 0 saturated heterocycles. The number of amides is 3. The second kappa shape index (κ2) is 10.8. The third-order valence-corrected chi connectivity index (χ3v) is 3.83. The molecule has 0 aliphatic carbocycles. The first kappa shape index (κ1) is 23.9. The second-order valence-corrected chi connectivity index (χ2v) is 6.59. The summed E-state index contributed by atoms with van der Waals surface area (Å²) in [6.07, 6.45) is 0. The Morgan fingerprint density at radius 3 is 1.96 bits per heavy atom. The number of halogens is 1. The van der Waals surface area contributed by atoms with Crippen molar-refractivity contribution < 1.29 is 14.4 Å². The molecule has 0 heterocycles. The molecule has 1 rings (SSSR count). The highest BCUT2D eigenvalue weighted by Crippen LogP contribution is 2.21. The highest BCUT2D eigenvalue weighted by atomic mass is 35.5. The zero-order valence-electron chi connectivity index (χ0n) is 15.9. The number of carbonyl (C=O) groups excluding carboxylic acids is 3. The Bertz CT molecular complexity index is 639. The molecular weight excluding hydrogens is 356 g/mol. The number of carbonyl (C=O) groups is 3. The van der Waals surface area contributed by atoms with Crippen LogP contribution in [-0.4, -0.2) is 36.9 Å². The van der Waals surface area contributed by atoms with E-state index in [-0.39, 0.29) is 43.2 Å². The van der Waals surface area contributed by atoms with Crippen molar-refractivity contribution in [2.75, 3.05) is 18.4 Å². The van der Waals surface area contributed by atoms with E-state index in [2.05, 4.69) is 16.0 Å². The van der Waals surface area contributed by atoms with Crippen LogP contribution >= 0.6 is 12.4 Å².